The van der Waals surface area contributed by atoms with Crippen molar-refractivity contribution in [1.82, 2.24) is 0 Å². The number of aryl methyl sites for hydroxylation is 1. The molecule has 0 spiro atoms. The molecule has 0 amide bonds. The first-order valence-corrected chi connectivity index (χ1v) is 5.19. The summed E-state index contributed by atoms with van der Waals surface area (Å²) in [5.74, 6) is 0. The van der Waals surface area contributed by atoms with Crippen LogP contribution in [0.3, 0.4) is 0 Å². The number of rotatable bonds is 2. The number of carbonyl (C=O) groups excluding carboxylic acids is 1. The standard InChI is InChI=1S/C13H16O/c1-13(2)7-5-11-4-3-10(6-8-14)9-12(11)13/h3-4,8-9H,5-7H2,1-2H3. The Kier molecular flexibility index (Phi) is 2.18. The van der Waals surface area contributed by atoms with Crippen LogP contribution in [0.4, 0.5) is 0 Å². The van der Waals surface area contributed by atoms with Crippen molar-refractivity contribution in [3.8, 4) is 0 Å². The molecule has 1 heteroatoms. The van der Waals surface area contributed by atoms with Crippen LogP contribution in [0, 0.1) is 0 Å². The Morgan fingerprint density at radius 1 is 1.43 bits per heavy atom. The highest BCUT2D eigenvalue weighted by atomic mass is 16.1. The van der Waals surface area contributed by atoms with Crippen LogP contribution in [-0.2, 0) is 23.1 Å². The molecule has 0 saturated carbocycles. The lowest BCUT2D eigenvalue weighted by atomic mass is 9.86. The lowest BCUT2D eigenvalue weighted by Crippen LogP contribution is -2.12. The van der Waals surface area contributed by atoms with E-state index in [0.29, 0.717) is 11.8 Å². The number of aldehydes is 1. The molecule has 0 bridgehead atoms. The Bertz CT molecular complexity index is 363. The molecule has 0 unspecified atom stereocenters. The van der Waals surface area contributed by atoms with Crippen LogP contribution in [0.5, 0.6) is 0 Å². The van der Waals surface area contributed by atoms with Crippen molar-refractivity contribution in [1.29, 1.82) is 0 Å². The molecule has 1 nitrogen and oxygen atoms in total. The Morgan fingerprint density at radius 3 is 2.93 bits per heavy atom. The van der Waals surface area contributed by atoms with Gasteiger partial charge in [-0.1, -0.05) is 32.0 Å². The zero-order valence-corrected chi connectivity index (χ0v) is 8.84. The van der Waals surface area contributed by atoms with E-state index >= 15 is 0 Å². The monoisotopic (exact) mass is 188 g/mol. The average Bonchev–Trinajstić information content (AvgIpc) is 2.44. The van der Waals surface area contributed by atoms with E-state index in [4.69, 9.17) is 0 Å². The van der Waals surface area contributed by atoms with Crippen LogP contribution in [-0.4, -0.2) is 6.29 Å². The van der Waals surface area contributed by atoms with Crippen LogP contribution in [0.1, 0.15) is 37.0 Å². The predicted octanol–water partition coefficient (Wildman–Crippen LogP) is 2.65. The molecule has 1 aliphatic rings. The summed E-state index contributed by atoms with van der Waals surface area (Å²) in [6, 6.07) is 6.47. The van der Waals surface area contributed by atoms with E-state index in [0.717, 1.165) is 11.8 Å². The maximum atomic E-state index is 10.4. The summed E-state index contributed by atoms with van der Waals surface area (Å²) in [6.07, 6.45) is 3.93. The molecular weight excluding hydrogens is 172 g/mol. The van der Waals surface area contributed by atoms with Gasteiger partial charge in [-0.25, -0.2) is 0 Å². The van der Waals surface area contributed by atoms with Gasteiger partial charge >= 0.3 is 0 Å². The molecule has 1 aromatic carbocycles. The highest BCUT2D eigenvalue weighted by Crippen LogP contribution is 2.38. The molecule has 1 aliphatic carbocycles. The summed E-state index contributed by atoms with van der Waals surface area (Å²) in [7, 11) is 0. The first-order chi connectivity index (χ1) is 6.63. The van der Waals surface area contributed by atoms with Crippen molar-refractivity contribution in [2.45, 2.75) is 38.5 Å². The largest absolute Gasteiger partial charge is 0.303 e. The number of benzene rings is 1. The van der Waals surface area contributed by atoms with Gasteiger partial charge in [-0.05, 0) is 34.9 Å². The fraction of sp³-hybridized carbons (Fsp3) is 0.462. The van der Waals surface area contributed by atoms with Crippen molar-refractivity contribution in [2.24, 2.45) is 0 Å². The smallest absolute Gasteiger partial charge is 0.124 e. The Morgan fingerprint density at radius 2 is 2.21 bits per heavy atom. The summed E-state index contributed by atoms with van der Waals surface area (Å²) in [5.41, 5.74) is 4.35. The number of hydrogen-bond donors (Lipinski definition) is 0. The fourth-order valence-corrected chi connectivity index (χ4v) is 2.28. The van der Waals surface area contributed by atoms with Gasteiger partial charge in [-0.3, -0.25) is 0 Å². The van der Waals surface area contributed by atoms with E-state index < -0.39 is 0 Å². The van der Waals surface area contributed by atoms with Crippen LogP contribution < -0.4 is 0 Å². The predicted molar refractivity (Wildman–Crippen MR) is 57.6 cm³/mol. The second-order valence-corrected chi connectivity index (χ2v) is 4.75. The first kappa shape index (κ1) is 9.45. The zero-order valence-electron chi connectivity index (χ0n) is 8.84. The molecule has 0 fully saturated rings. The summed E-state index contributed by atoms with van der Waals surface area (Å²) in [5, 5.41) is 0. The highest BCUT2D eigenvalue weighted by Gasteiger charge is 2.29. The van der Waals surface area contributed by atoms with Crippen molar-refractivity contribution in [3.05, 3.63) is 34.9 Å². The fourth-order valence-electron chi connectivity index (χ4n) is 2.28. The van der Waals surface area contributed by atoms with Gasteiger partial charge in [0.2, 0.25) is 0 Å². The maximum absolute atomic E-state index is 10.4. The minimum absolute atomic E-state index is 0.300. The zero-order chi connectivity index (χ0) is 10.2. The minimum Gasteiger partial charge on any atom is -0.303 e. The van der Waals surface area contributed by atoms with Crippen LogP contribution in [0.15, 0.2) is 18.2 Å². The average molecular weight is 188 g/mol. The molecule has 0 heterocycles. The van der Waals surface area contributed by atoms with Crippen LogP contribution in [0.25, 0.3) is 0 Å². The van der Waals surface area contributed by atoms with Gasteiger partial charge in [0.05, 0.1) is 0 Å². The molecule has 14 heavy (non-hydrogen) atoms. The quantitative estimate of drug-likeness (QED) is 0.652. The van der Waals surface area contributed by atoms with E-state index in [1.165, 1.54) is 24.0 Å². The molecule has 2 rings (SSSR count). The van der Waals surface area contributed by atoms with Gasteiger partial charge < -0.3 is 4.79 Å². The third-order valence-electron chi connectivity index (χ3n) is 3.24. The van der Waals surface area contributed by atoms with Gasteiger partial charge in [0, 0.05) is 6.42 Å². The van der Waals surface area contributed by atoms with Gasteiger partial charge in [0.1, 0.15) is 6.29 Å². The minimum atomic E-state index is 0.300. The topological polar surface area (TPSA) is 17.1 Å². The van der Waals surface area contributed by atoms with Crippen molar-refractivity contribution in [2.75, 3.05) is 0 Å². The molecule has 1 aromatic rings. The molecular formula is C13H16O. The van der Waals surface area contributed by atoms with Gasteiger partial charge in [-0.15, -0.1) is 0 Å². The van der Waals surface area contributed by atoms with E-state index in [1.54, 1.807) is 0 Å². The van der Waals surface area contributed by atoms with Crippen LogP contribution in [0.2, 0.25) is 0 Å². The summed E-state index contributed by atoms with van der Waals surface area (Å²) < 4.78 is 0. The molecule has 0 aromatic heterocycles. The highest BCUT2D eigenvalue weighted by molar-refractivity contribution is 5.56. The van der Waals surface area contributed by atoms with Gasteiger partial charge in [0.25, 0.3) is 0 Å². The van der Waals surface area contributed by atoms with Crippen molar-refractivity contribution < 1.29 is 4.79 Å². The van der Waals surface area contributed by atoms with Gasteiger partial charge in [0.15, 0.2) is 0 Å². The maximum Gasteiger partial charge on any atom is 0.124 e. The number of fused-ring (bicyclic) bond motifs is 1. The SMILES string of the molecule is CC1(C)CCc2ccc(CC=O)cc21. The first-order valence-electron chi connectivity index (χ1n) is 5.19. The van der Waals surface area contributed by atoms with Crippen LogP contribution >= 0.6 is 0 Å². The van der Waals surface area contributed by atoms with Gasteiger partial charge in [-0.2, -0.15) is 0 Å². The summed E-state index contributed by atoms with van der Waals surface area (Å²) >= 11 is 0. The summed E-state index contributed by atoms with van der Waals surface area (Å²) in [6.45, 7) is 4.56. The second kappa shape index (κ2) is 3.23. The van der Waals surface area contributed by atoms with E-state index in [1.807, 2.05) is 0 Å². The number of hydrogen-bond acceptors (Lipinski definition) is 1. The molecule has 0 atom stereocenters. The van der Waals surface area contributed by atoms with Crippen molar-refractivity contribution in [3.63, 3.8) is 0 Å². The van der Waals surface area contributed by atoms with E-state index in [9.17, 15) is 4.79 Å². The molecule has 74 valence electrons. The Hall–Kier alpha value is -1.11. The third kappa shape index (κ3) is 1.47. The van der Waals surface area contributed by atoms with E-state index in [2.05, 4.69) is 32.0 Å². The third-order valence-corrected chi connectivity index (χ3v) is 3.24. The molecule has 0 aliphatic heterocycles. The van der Waals surface area contributed by atoms with Crippen molar-refractivity contribution >= 4 is 6.29 Å². The molecule has 0 radical (unpaired) electrons. The summed E-state index contributed by atoms with van der Waals surface area (Å²) in [4.78, 5) is 10.4. The normalized spacial score (nSPS) is 17.9. The van der Waals surface area contributed by atoms with E-state index in [-0.39, 0.29) is 0 Å². The lowest BCUT2D eigenvalue weighted by molar-refractivity contribution is -0.107. The Balaban J connectivity index is 2.42. The lowest BCUT2D eigenvalue weighted by Gasteiger charge is -2.19. The Labute approximate surface area is 85.1 Å². The number of carbonyl (C=O) groups is 1. The molecule has 0 N–H and O–H groups in total. The molecule has 0 saturated heterocycles. The second-order valence-electron chi connectivity index (χ2n) is 4.75.